The van der Waals surface area contributed by atoms with Crippen molar-refractivity contribution in [2.45, 2.75) is 63.1 Å². The van der Waals surface area contributed by atoms with Crippen LogP contribution in [-0.4, -0.2) is 54.1 Å². The van der Waals surface area contributed by atoms with E-state index in [4.69, 9.17) is 14.7 Å². The molecular formula is C26H31BFN4O3. The molecule has 5 rings (SSSR count). The van der Waals surface area contributed by atoms with E-state index < -0.39 is 5.54 Å². The van der Waals surface area contributed by atoms with E-state index in [1.54, 1.807) is 23.1 Å². The summed E-state index contributed by atoms with van der Waals surface area (Å²) in [7, 11) is 0.683. The molecule has 2 saturated heterocycles. The van der Waals surface area contributed by atoms with Crippen LogP contribution in [0.2, 0.25) is 0 Å². The van der Waals surface area contributed by atoms with Crippen LogP contribution < -0.4 is 14.9 Å². The monoisotopic (exact) mass is 477 g/mol. The number of piperidine rings is 1. The minimum Gasteiger partial charge on any atom is -0.537 e. The molecule has 2 aromatic carbocycles. The first kappa shape index (κ1) is 23.8. The lowest BCUT2D eigenvalue weighted by Crippen LogP contribution is -2.57. The molecule has 0 atom stereocenters. The van der Waals surface area contributed by atoms with Gasteiger partial charge in [-0.3, -0.25) is 20.1 Å². The second-order valence-electron chi connectivity index (χ2n) is 9.69. The molecule has 183 valence electrons. The van der Waals surface area contributed by atoms with Crippen molar-refractivity contribution in [2.75, 3.05) is 18.0 Å². The van der Waals surface area contributed by atoms with Crippen molar-refractivity contribution in [1.29, 1.82) is 0 Å². The summed E-state index contributed by atoms with van der Waals surface area (Å²) < 4.78 is 19.2. The van der Waals surface area contributed by atoms with Gasteiger partial charge in [0.15, 0.2) is 0 Å². The van der Waals surface area contributed by atoms with E-state index in [9.17, 15) is 9.18 Å². The first-order chi connectivity index (χ1) is 17.1. The van der Waals surface area contributed by atoms with Gasteiger partial charge in [0.1, 0.15) is 22.9 Å². The molecule has 2 heterocycles. The summed E-state index contributed by atoms with van der Waals surface area (Å²) in [5.41, 5.74) is 1.05. The molecule has 9 heteroatoms. The number of nitrogens with zero attached hydrogens (tertiary/aromatic N) is 3. The molecule has 0 aromatic heterocycles. The number of likely N-dealkylation sites (tertiary alicyclic amines) is 1. The first-order valence-corrected chi connectivity index (χ1v) is 12.5. The van der Waals surface area contributed by atoms with E-state index in [0.717, 1.165) is 43.9 Å². The molecule has 1 radical (unpaired) electrons. The third-order valence-electron chi connectivity index (χ3n) is 7.43. The van der Waals surface area contributed by atoms with Crippen LogP contribution in [0.25, 0.3) is 0 Å². The quantitative estimate of drug-likeness (QED) is 0.617. The Morgan fingerprint density at radius 1 is 1.11 bits per heavy atom. The minimum atomic E-state index is -0.602. The lowest BCUT2D eigenvalue weighted by molar-refractivity contribution is 0.184. The number of carbonyl (C=O) groups excluding carboxylic acids is 1. The average Bonchev–Trinajstić information content (AvgIpc) is 3.12. The van der Waals surface area contributed by atoms with Crippen molar-refractivity contribution < 1.29 is 18.9 Å². The largest absolute Gasteiger partial charge is 0.569 e. The maximum absolute atomic E-state index is 14.1. The van der Waals surface area contributed by atoms with E-state index in [1.165, 1.54) is 31.4 Å². The lowest BCUT2D eigenvalue weighted by atomic mass is 9.84. The summed E-state index contributed by atoms with van der Waals surface area (Å²) in [5.74, 6) is 0.971. The van der Waals surface area contributed by atoms with E-state index in [2.05, 4.69) is 10.2 Å². The third kappa shape index (κ3) is 5.06. The Morgan fingerprint density at radius 3 is 2.63 bits per heavy atom. The number of urea groups is 1. The van der Waals surface area contributed by atoms with Crippen molar-refractivity contribution in [3.63, 3.8) is 0 Å². The normalized spacial score (nSPS) is 21.9. The number of hydrogen-bond acceptors (Lipinski definition) is 5. The summed E-state index contributed by atoms with van der Waals surface area (Å²) in [6, 6.07) is 13.9. The average molecular weight is 477 g/mol. The minimum absolute atomic E-state index is 0.229. The zero-order chi connectivity index (χ0) is 24.3. The molecule has 3 aliphatic rings. The number of aliphatic imine (C=N–C) groups is 1. The molecule has 2 aliphatic heterocycles. The fourth-order valence-corrected chi connectivity index (χ4v) is 5.68. The Balaban J connectivity index is 1.40. The van der Waals surface area contributed by atoms with Crippen LogP contribution in [-0.2, 0) is 6.54 Å². The van der Waals surface area contributed by atoms with Gasteiger partial charge in [0.05, 0.1) is 6.04 Å². The molecule has 2 amide bonds. The highest BCUT2D eigenvalue weighted by molar-refractivity contribution is 6.19. The fourth-order valence-electron chi connectivity index (χ4n) is 5.68. The van der Waals surface area contributed by atoms with Crippen molar-refractivity contribution in [3.05, 3.63) is 59.9 Å². The maximum atomic E-state index is 14.1. The number of halogens is 1. The molecular weight excluding hydrogens is 446 g/mol. The molecule has 1 saturated carbocycles. The molecule has 1 spiro atoms. The highest BCUT2D eigenvalue weighted by Gasteiger charge is 2.53. The summed E-state index contributed by atoms with van der Waals surface area (Å²) in [4.78, 5) is 22.4. The third-order valence-corrected chi connectivity index (χ3v) is 7.43. The zero-order valence-corrected chi connectivity index (χ0v) is 19.8. The van der Waals surface area contributed by atoms with Crippen molar-refractivity contribution >= 4 is 25.2 Å². The topological polar surface area (TPSA) is 77.4 Å². The molecule has 3 fully saturated rings. The van der Waals surface area contributed by atoms with Gasteiger partial charge in [-0.1, -0.05) is 37.5 Å². The van der Waals surface area contributed by atoms with Gasteiger partial charge in [-0.2, -0.15) is 0 Å². The number of amides is 2. The van der Waals surface area contributed by atoms with Crippen LogP contribution >= 0.6 is 0 Å². The molecule has 0 unspecified atom stereocenters. The molecule has 1 aliphatic carbocycles. The molecule has 0 bridgehead atoms. The van der Waals surface area contributed by atoms with E-state index in [1.807, 2.05) is 18.2 Å². The Bertz CT molecular complexity index is 1080. The van der Waals surface area contributed by atoms with Gasteiger partial charge >= 0.3 is 13.7 Å². The van der Waals surface area contributed by atoms with E-state index in [0.29, 0.717) is 32.0 Å². The van der Waals surface area contributed by atoms with Crippen LogP contribution in [0.1, 0.15) is 50.5 Å². The van der Waals surface area contributed by atoms with Gasteiger partial charge < -0.3 is 9.68 Å². The Kier molecular flexibility index (Phi) is 7.06. The highest BCUT2D eigenvalue weighted by Crippen LogP contribution is 2.39. The number of rotatable bonds is 6. The van der Waals surface area contributed by atoms with Gasteiger partial charge in [-0.25, -0.2) is 9.18 Å². The van der Waals surface area contributed by atoms with Crippen LogP contribution in [0.15, 0.2) is 53.5 Å². The number of nitrogens with one attached hydrogen (secondary N) is 1. The summed E-state index contributed by atoms with van der Waals surface area (Å²) >= 11 is 0. The first-order valence-electron chi connectivity index (χ1n) is 12.5. The second kappa shape index (κ2) is 10.4. The summed E-state index contributed by atoms with van der Waals surface area (Å²) in [6.07, 6.45) is 7.08. The number of anilines is 1. The zero-order valence-electron chi connectivity index (χ0n) is 19.8. The Morgan fingerprint density at radius 2 is 1.89 bits per heavy atom. The lowest BCUT2D eigenvalue weighted by Gasteiger charge is -2.44. The van der Waals surface area contributed by atoms with E-state index >= 15 is 0 Å². The van der Waals surface area contributed by atoms with Crippen LogP contribution in [0.4, 0.5) is 14.9 Å². The standard InChI is InChI=1S/C26H31BFN4O3/c28-20-7-5-10-22(17-20)32-25(33)30-24(29-21-8-2-1-3-9-21)26(32)12-14-31(15-13-26)18-19-6-4-11-23(16-19)35-27-34/h4-7,10-11,16-17,21,34H,1-3,8-9,12-15,18H2,(H,29,30,33). The SMILES string of the molecule is O=C1NC(=NC2CCCCC2)C2(CCN(Cc3cccc(O[B]O)c3)CC2)N1c1cccc(F)c1. The fraction of sp³-hybridized carbons (Fsp3) is 0.462. The van der Waals surface area contributed by atoms with Gasteiger partial charge in [0, 0.05) is 25.3 Å². The van der Waals surface area contributed by atoms with E-state index in [-0.39, 0.29) is 17.9 Å². The van der Waals surface area contributed by atoms with Crippen LogP contribution in [0.3, 0.4) is 0 Å². The van der Waals surface area contributed by atoms with Gasteiger partial charge in [0.25, 0.3) is 0 Å². The highest BCUT2D eigenvalue weighted by atomic mass is 19.1. The predicted octanol–water partition coefficient (Wildman–Crippen LogP) is 4.03. The second-order valence-corrected chi connectivity index (χ2v) is 9.69. The number of hydrogen-bond donors (Lipinski definition) is 2. The molecule has 7 nitrogen and oxygen atoms in total. The van der Waals surface area contributed by atoms with Crippen LogP contribution in [0, 0.1) is 5.82 Å². The van der Waals surface area contributed by atoms with Crippen molar-refractivity contribution in [3.8, 4) is 5.75 Å². The van der Waals surface area contributed by atoms with Gasteiger partial charge in [-0.15, -0.1) is 0 Å². The van der Waals surface area contributed by atoms with Gasteiger partial charge in [0.2, 0.25) is 0 Å². The van der Waals surface area contributed by atoms with Crippen molar-refractivity contribution in [1.82, 2.24) is 10.2 Å². The summed E-state index contributed by atoms with van der Waals surface area (Å²) in [6.45, 7) is 2.26. The maximum Gasteiger partial charge on any atom is 0.569 e. The van der Waals surface area contributed by atoms with Crippen LogP contribution in [0.5, 0.6) is 5.75 Å². The Labute approximate surface area is 206 Å². The van der Waals surface area contributed by atoms with Crippen molar-refractivity contribution in [2.24, 2.45) is 4.99 Å². The smallest absolute Gasteiger partial charge is 0.537 e. The number of carbonyl (C=O) groups is 1. The Hall–Kier alpha value is -2.91. The summed E-state index contributed by atoms with van der Waals surface area (Å²) in [5, 5.41) is 12.0. The predicted molar refractivity (Wildman–Crippen MR) is 134 cm³/mol. The number of amidine groups is 1. The number of benzene rings is 2. The molecule has 2 N–H and O–H groups in total. The molecule has 35 heavy (non-hydrogen) atoms. The van der Waals surface area contributed by atoms with Gasteiger partial charge in [-0.05, 0) is 61.6 Å². The molecule has 2 aromatic rings.